The molecule has 0 aromatic rings. The van der Waals surface area contributed by atoms with Crippen molar-refractivity contribution in [3.63, 3.8) is 0 Å². The second-order valence-electron chi connectivity index (χ2n) is 9.92. The summed E-state index contributed by atoms with van der Waals surface area (Å²) in [6.07, 6.45) is 6.95. The quantitative estimate of drug-likeness (QED) is 0.664. The molecule has 5 aliphatic rings. The molecule has 5 heteroatoms. The molecular weight excluding hydrogens is 330 g/mol. The molecule has 5 rings (SSSR count). The first kappa shape index (κ1) is 17.4. The van der Waals surface area contributed by atoms with Crippen molar-refractivity contribution >= 4 is 5.91 Å². The van der Waals surface area contributed by atoms with E-state index < -0.39 is 0 Å². The Labute approximate surface area is 156 Å². The fourth-order valence-electron chi connectivity index (χ4n) is 7.79. The van der Waals surface area contributed by atoms with Crippen molar-refractivity contribution in [2.24, 2.45) is 28.6 Å². The van der Waals surface area contributed by atoms with Crippen molar-refractivity contribution < 1.29 is 19.0 Å². The van der Waals surface area contributed by atoms with E-state index in [4.69, 9.17) is 14.2 Å². The van der Waals surface area contributed by atoms with E-state index in [9.17, 15) is 4.79 Å². The molecule has 6 atom stereocenters. The van der Waals surface area contributed by atoms with Crippen LogP contribution in [0.3, 0.4) is 0 Å². The number of fused-ring (bicyclic) bond motifs is 6. The number of amides is 1. The van der Waals surface area contributed by atoms with Crippen molar-refractivity contribution in [1.29, 1.82) is 0 Å². The molecule has 0 bridgehead atoms. The lowest BCUT2D eigenvalue weighted by atomic mass is 9.48. The molecule has 2 heterocycles. The summed E-state index contributed by atoms with van der Waals surface area (Å²) in [7, 11) is 1.98. The first-order valence-electron chi connectivity index (χ1n) is 10.5. The smallest absolute Gasteiger partial charge is 0.248 e. The zero-order valence-corrected chi connectivity index (χ0v) is 16.5. The summed E-state index contributed by atoms with van der Waals surface area (Å²) in [6, 6.07) is 0.317. The molecule has 2 saturated heterocycles. The lowest BCUT2D eigenvalue weighted by Gasteiger charge is -2.59. The molecule has 26 heavy (non-hydrogen) atoms. The van der Waals surface area contributed by atoms with Gasteiger partial charge in [-0.25, -0.2) is 0 Å². The lowest BCUT2D eigenvalue weighted by Crippen LogP contribution is -2.60. The number of likely N-dealkylation sites (N-methyl/N-ethyl adjacent to an activating group) is 1. The number of nitrogens with zero attached hydrogens (tertiary/aromatic N) is 1. The van der Waals surface area contributed by atoms with Gasteiger partial charge in [0, 0.05) is 30.3 Å². The summed E-state index contributed by atoms with van der Waals surface area (Å²) in [5.74, 6) is 1.82. The van der Waals surface area contributed by atoms with Crippen LogP contribution in [0, 0.1) is 28.6 Å². The van der Waals surface area contributed by atoms with Gasteiger partial charge in [-0.1, -0.05) is 13.8 Å². The van der Waals surface area contributed by atoms with E-state index in [0.29, 0.717) is 23.8 Å². The Morgan fingerprint density at radius 3 is 2.50 bits per heavy atom. The van der Waals surface area contributed by atoms with Crippen LogP contribution >= 0.6 is 0 Å². The van der Waals surface area contributed by atoms with Crippen LogP contribution in [0.15, 0.2) is 0 Å². The predicted molar refractivity (Wildman–Crippen MR) is 96.4 cm³/mol. The summed E-state index contributed by atoms with van der Waals surface area (Å²) >= 11 is 0. The fourth-order valence-corrected chi connectivity index (χ4v) is 7.79. The zero-order valence-electron chi connectivity index (χ0n) is 16.5. The topological polar surface area (TPSA) is 48.0 Å². The molecule has 0 aromatic heterocycles. The van der Waals surface area contributed by atoms with Crippen LogP contribution in [0.5, 0.6) is 0 Å². The first-order chi connectivity index (χ1) is 12.4. The van der Waals surface area contributed by atoms with Crippen molar-refractivity contribution in [2.45, 2.75) is 64.2 Å². The Morgan fingerprint density at radius 2 is 1.73 bits per heavy atom. The number of carbonyl (C=O) groups excluding carboxylic acids is 1. The normalized spacial score (nSPS) is 50.3. The summed E-state index contributed by atoms with van der Waals surface area (Å²) in [5.41, 5.74) is 0.208. The maximum absolute atomic E-state index is 12.3. The van der Waals surface area contributed by atoms with E-state index >= 15 is 0 Å². The number of hydrogen-bond donors (Lipinski definition) is 0. The van der Waals surface area contributed by atoms with Gasteiger partial charge in [0.2, 0.25) is 5.91 Å². The van der Waals surface area contributed by atoms with Crippen molar-refractivity contribution in [2.75, 3.05) is 33.5 Å². The first-order valence-corrected chi connectivity index (χ1v) is 10.5. The van der Waals surface area contributed by atoms with Crippen molar-refractivity contribution in [3.8, 4) is 0 Å². The minimum absolute atomic E-state index is 0.0678. The lowest BCUT2D eigenvalue weighted by molar-refractivity contribution is -0.246. The van der Waals surface area contributed by atoms with Crippen molar-refractivity contribution in [1.82, 2.24) is 4.90 Å². The summed E-state index contributed by atoms with van der Waals surface area (Å²) in [6.45, 7) is 7.27. The SMILES string of the molecule is CN1C(=O)COCC2(C)C3CCC4(C)C(CCC45OCCO5)C3CCC12. The molecule has 0 N–H and O–H groups in total. The second-order valence-corrected chi connectivity index (χ2v) is 9.92. The fraction of sp³-hybridized carbons (Fsp3) is 0.952. The van der Waals surface area contributed by atoms with E-state index in [0.717, 1.165) is 32.7 Å². The van der Waals surface area contributed by atoms with Gasteiger partial charge in [0.15, 0.2) is 5.79 Å². The molecule has 6 unspecified atom stereocenters. The number of ether oxygens (including phenoxy) is 3. The number of rotatable bonds is 0. The highest BCUT2D eigenvalue weighted by Gasteiger charge is 2.67. The maximum Gasteiger partial charge on any atom is 0.248 e. The minimum atomic E-state index is -0.326. The average molecular weight is 363 g/mol. The van der Waals surface area contributed by atoms with Crippen LogP contribution in [-0.4, -0.2) is 56.1 Å². The van der Waals surface area contributed by atoms with Gasteiger partial charge in [0.1, 0.15) is 6.61 Å². The molecule has 5 nitrogen and oxygen atoms in total. The molecule has 3 saturated carbocycles. The highest BCUT2D eigenvalue weighted by molar-refractivity contribution is 5.77. The highest BCUT2D eigenvalue weighted by Crippen LogP contribution is 2.67. The minimum Gasteiger partial charge on any atom is -0.371 e. The Hall–Kier alpha value is -0.650. The highest BCUT2D eigenvalue weighted by atomic mass is 16.7. The second kappa shape index (κ2) is 5.68. The van der Waals surface area contributed by atoms with E-state index in [1.165, 1.54) is 25.7 Å². The molecule has 1 amide bonds. The van der Waals surface area contributed by atoms with E-state index in [1.54, 1.807) is 0 Å². The third kappa shape index (κ3) is 2.05. The largest absolute Gasteiger partial charge is 0.371 e. The number of hydrogen-bond acceptors (Lipinski definition) is 4. The third-order valence-corrected chi connectivity index (χ3v) is 9.12. The molecule has 3 aliphatic carbocycles. The van der Waals surface area contributed by atoms with Crippen LogP contribution in [0.2, 0.25) is 0 Å². The molecule has 2 aliphatic heterocycles. The van der Waals surface area contributed by atoms with E-state index in [-0.39, 0.29) is 29.1 Å². The number of carbonyl (C=O) groups is 1. The Morgan fingerprint density at radius 1 is 1.00 bits per heavy atom. The van der Waals surface area contributed by atoms with Crippen LogP contribution in [0.25, 0.3) is 0 Å². The summed E-state index contributed by atoms with van der Waals surface area (Å²) < 4.78 is 18.4. The Bertz CT molecular complexity index is 603. The Balaban J connectivity index is 1.47. The van der Waals surface area contributed by atoms with Crippen LogP contribution in [0.1, 0.15) is 52.4 Å². The van der Waals surface area contributed by atoms with Crippen LogP contribution in [-0.2, 0) is 19.0 Å². The van der Waals surface area contributed by atoms with Crippen molar-refractivity contribution in [3.05, 3.63) is 0 Å². The average Bonchev–Trinajstić information content (AvgIpc) is 3.18. The van der Waals surface area contributed by atoms with Crippen LogP contribution < -0.4 is 0 Å². The molecule has 5 fully saturated rings. The predicted octanol–water partition coefficient (Wildman–Crippen LogP) is 2.83. The van der Waals surface area contributed by atoms with Gasteiger partial charge in [0.05, 0.1) is 19.8 Å². The molecule has 1 spiro atoms. The summed E-state index contributed by atoms with van der Waals surface area (Å²) in [4.78, 5) is 14.3. The Kier molecular flexibility index (Phi) is 3.81. The van der Waals surface area contributed by atoms with Gasteiger partial charge in [-0.15, -0.1) is 0 Å². The molecule has 0 aromatic carbocycles. The maximum atomic E-state index is 12.3. The molecular formula is C21H33NO4. The van der Waals surface area contributed by atoms with Gasteiger partial charge in [-0.3, -0.25) is 4.79 Å². The molecule has 0 radical (unpaired) electrons. The van der Waals surface area contributed by atoms with Gasteiger partial charge in [-0.05, 0) is 49.9 Å². The summed E-state index contributed by atoms with van der Waals surface area (Å²) in [5, 5.41) is 0. The third-order valence-electron chi connectivity index (χ3n) is 9.12. The molecule has 146 valence electrons. The van der Waals surface area contributed by atoms with Gasteiger partial charge in [0.25, 0.3) is 0 Å². The monoisotopic (exact) mass is 363 g/mol. The van der Waals surface area contributed by atoms with E-state index in [1.807, 2.05) is 11.9 Å². The van der Waals surface area contributed by atoms with Gasteiger partial charge in [-0.2, -0.15) is 0 Å². The standard InChI is InChI=1S/C21H33NO4/c1-19-13-24-12-18(23)22(3)17(19)5-4-14-15(19)6-8-20(2)16(14)7-9-21(20)25-10-11-26-21/h14-17H,4-13H2,1-3H3. The van der Waals surface area contributed by atoms with Gasteiger partial charge < -0.3 is 19.1 Å². The van der Waals surface area contributed by atoms with Gasteiger partial charge >= 0.3 is 0 Å². The van der Waals surface area contributed by atoms with Crippen LogP contribution in [0.4, 0.5) is 0 Å². The van der Waals surface area contributed by atoms with E-state index in [2.05, 4.69) is 13.8 Å². The zero-order chi connectivity index (χ0) is 18.2.